The number of hydrogen-bond acceptors (Lipinski definition) is 2. The number of rotatable bonds is 4. The fraction of sp³-hybridized carbons (Fsp3) is 0.583. The molecule has 0 radical (unpaired) electrons. The molecule has 1 aliphatic rings. The number of hydrogen-bond donors (Lipinski definition) is 1. The molecule has 0 saturated heterocycles. The van der Waals surface area contributed by atoms with Gasteiger partial charge in [-0.25, -0.2) is 0 Å². The van der Waals surface area contributed by atoms with Gasteiger partial charge in [0.1, 0.15) is 0 Å². The van der Waals surface area contributed by atoms with E-state index in [0.717, 1.165) is 6.54 Å². The van der Waals surface area contributed by atoms with E-state index in [4.69, 9.17) is 0 Å². The SMILES string of the molecule is CC(NCc1ccncc1)C1(C)CC1. The van der Waals surface area contributed by atoms with Crippen molar-refractivity contribution in [1.29, 1.82) is 0 Å². The second-order valence-electron chi connectivity index (χ2n) is 4.61. The third-order valence-electron chi connectivity index (χ3n) is 3.45. The molecular formula is C12H18N2. The van der Waals surface area contributed by atoms with Gasteiger partial charge in [-0.3, -0.25) is 4.98 Å². The van der Waals surface area contributed by atoms with E-state index in [0.29, 0.717) is 11.5 Å². The summed E-state index contributed by atoms with van der Waals surface area (Å²) in [7, 11) is 0. The predicted octanol–water partition coefficient (Wildman–Crippen LogP) is 2.36. The van der Waals surface area contributed by atoms with E-state index in [1.165, 1.54) is 18.4 Å². The van der Waals surface area contributed by atoms with Crippen LogP contribution in [0, 0.1) is 5.41 Å². The largest absolute Gasteiger partial charge is 0.310 e. The average Bonchev–Trinajstić information content (AvgIpc) is 2.96. The van der Waals surface area contributed by atoms with E-state index in [1.54, 1.807) is 0 Å². The Morgan fingerprint density at radius 3 is 2.64 bits per heavy atom. The molecule has 0 aliphatic heterocycles. The van der Waals surface area contributed by atoms with Crippen molar-refractivity contribution in [3.05, 3.63) is 30.1 Å². The van der Waals surface area contributed by atoms with E-state index < -0.39 is 0 Å². The fourth-order valence-electron chi connectivity index (χ4n) is 1.65. The highest BCUT2D eigenvalue weighted by Gasteiger charge is 2.41. The van der Waals surface area contributed by atoms with Crippen LogP contribution in [0.15, 0.2) is 24.5 Å². The molecule has 1 heterocycles. The minimum atomic E-state index is 0.563. The summed E-state index contributed by atoms with van der Waals surface area (Å²) in [4.78, 5) is 4.01. The predicted molar refractivity (Wildman–Crippen MR) is 57.9 cm³/mol. The van der Waals surface area contributed by atoms with Gasteiger partial charge in [-0.2, -0.15) is 0 Å². The van der Waals surface area contributed by atoms with Crippen LogP contribution in [0.1, 0.15) is 32.3 Å². The minimum Gasteiger partial charge on any atom is -0.310 e. The van der Waals surface area contributed by atoms with Crippen molar-refractivity contribution in [2.24, 2.45) is 5.41 Å². The van der Waals surface area contributed by atoms with Crippen LogP contribution < -0.4 is 5.32 Å². The first-order chi connectivity index (χ1) is 6.71. The lowest BCUT2D eigenvalue weighted by atomic mass is 10.0. The summed E-state index contributed by atoms with van der Waals surface area (Å²) in [5.41, 5.74) is 1.88. The van der Waals surface area contributed by atoms with Crippen LogP contribution in [0.5, 0.6) is 0 Å². The molecule has 0 aromatic carbocycles. The molecule has 2 heteroatoms. The zero-order chi connectivity index (χ0) is 10.0. The van der Waals surface area contributed by atoms with Crippen molar-refractivity contribution in [3.63, 3.8) is 0 Å². The molecule has 0 amide bonds. The second kappa shape index (κ2) is 3.70. The van der Waals surface area contributed by atoms with E-state index in [1.807, 2.05) is 12.4 Å². The van der Waals surface area contributed by atoms with Crippen molar-refractivity contribution in [3.8, 4) is 0 Å². The lowest BCUT2D eigenvalue weighted by Crippen LogP contribution is -2.32. The molecule has 2 nitrogen and oxygen atoms in total. The van der Waals surface area contributed by atoms with E-state index in [-0.39, 0.29) is 0 Å². The molecule has 1 aromatic heterocycles. The van der Waals surface area contributed by atoms with Gasteiger partial charge in [0.2, 0.25) is 0 Å². The Bertz CT molecular complexity index is 290. The molecule has 0 spiro atoms. The van der Waals surface area contributed by atoms with Crippen LogP contribution >= 0.6 is 0 Å². The molecule has 76 valence electrons. The normalized spacial score (nSPS) is 20.4. The maximum absolute atomic E-state index is 4.01. The number of aromatic nitrogens is 1. The van der Waals surface area contributed by atoms with Gasteiger partial charge in [-0.15, -0.1) is 0 Å². The van der Waals surface area contributed by atoms with E-state index in [9.17, 15) is 0 Å². The molecule has 2 rings (SSSR count). The van der Waals surface area contributed by atoms with Gasteiger partial charge in [0, 0.05) is 25.0 Å². The lowest BCUT2D eigenvalue weighted by molar-refractivity contribution is 0.380. The van der Waals surface area contributed by atoms with E-state index in [2.05, 4.69) is 36.3 Å². The summed E-state index contributed by atoms with van der Waals surface area (Å²) in [6.45, 7) is 5.60. The molecular weight excluding hydrogens is 172 g/mol. The Kier molecular flexibility index (Phi) is 2.55. The Labute approximate surface area is 85.7 Å². The minimum absolute atomic E-state index is 0.563. The summed E-state index contributed by atoms with van der Waals surface area (Å²) in [5, 5.41) is 3.57. The van der Waals surface area contributed by atoms with Crippen molar-refractivity contribution in [2.75, 3.05) is 0 Å². The van der Waals surface area contributed by atoms with Crippen LogP contribution in [0.3, 0.4) is 0 Å². The number of pyridine rings is 1. The molecule has 14 heavy (non-hydrogen) atoms. The van der Waals surface area contributed by atoms with Gasteiger partial charge in [0.15, 0.2) is 0 Å². The summed E-state index contributed by atoms with van der Waals surface area (Å²) < 4.78 is 0. The summed E-state index contributed by atoms with van der Waals surface area (Å²) in [6.07, 6.45) is 6.44. The summed E-state index contributed by atoms with van der Waals surface area (Å²) in [6, 6.07) is 4.75. The van der Waals surface area contributed by atoms with Gasteiger partial charge in [-0.05, 0) is 42.9 Å². The van der Waals surface area contributed by atoms with Crippen LogP contribution in [-0.2, 0) is 6.54 Å². The highest BCUT2D eigenvalue weighted by atomic mass is 14.9. The first-order valence-electron chi connectivity index (χ1n) is 5.33. The third-order valence-corrected chi connectivity index (χ3v) is 3.45. The molecule has 0 bridgehead atoms. The molecule has 1 aliphatic carbocycles. The van der Waals surface area contributed by atoms with E-state index >= 15 is 0 Å². The fourth-order valence-corrected chi connectivity index (χ4v) is 1.65. The molecule has 1 fully saturated rings. The van der Waals surface area contributed by atoms with Gasteiger partial charge in [0.25, 0.3) is 0 Å². The average molecular weight is 190 g/mol. The Morgan fingerprint density at radius 2 is 2.07 bits per heavy atom. The summed E-state index contributed by atoms with van der Waals surface area (Å²) in [5.74, 6) is 0. The zero-order valence-corrected chi connectivity index (χ0v) is 8.96. The van der Waals surface area contributed by atoms with Crippen molar-refractivity contribution in [1.82, 2.24) is 10.3 Å². The molecule has 1 N–H and O–H groups in total. The molecule has 1 atom stereocenters. The topological polar surface area (TPSA) is 24.9 Å². The van der Waals surface area contributed by atoms with Gasteiger partial charge in [0.05, 0.1) is 0 Å². The van der Waals surface area contributed by atoms with Gasteiger partial charge >= 0.3 is 0 Å². The smallest absolute Gasteiger partial charge is 0.0271 e. The van der Waals surface area contributed by atoms with Crippen LogP contribution in [0.25, 0.3) is 0 Å². The van der Waals surface area contributed by atoms with Crippen LogP contribution in [0.4, 0.5) is 0 Å². The first kappa shape index (κ1) is 9.66. The van der Waals surface area contributed by atoms with Gasteiger partial charge in [-0.1, -0.05) is 6.92 Å². The molecule has 1 aromatic rings. The monoisotopic (exact) mass is 190 g/mol. The van der Waals surface area contributed by atoms with Gasteiger partial charge < -0.3 is 5.32 Å². The first-order valence-corrected chi connectivity index (χ1v) is 5.33. The Morgan fingerprint density at radius 1 is 1.43 bits per heavy atom. The summed E-state index contributed by atoms with van der Waals surface area (Å²) >= 11 is 0. The van der Waals surface area contributed by atoms with Crippen molar-refractivity contribution >= 4 is 0 Å². The maximum Gasteiger partial charge on any atom is 0.0271 e. The Hall–Kier alpha value is -0.890. The quantitative estimate of drug-likeness (QED) is 0.788. The molecule has 1 unspecified atom stereocenters. The highest BCUT2D eigenvalue weighted by Crippen LogP contribution is 2.47. The lowest BCUT2D eigenvalue weighted by Gasteiger charge is -2.20. The highest BCUT2D eigenvalue weighted by molar-refractivity contribution is 5.09. The van der Waals surface area contributed by atoms with Crippen LogP contribution in [-0.4, -0.2) is 11.0 Å². The second-order valence-corrected chi connectivity index (χ2v) is 4.61. The van der Waals surface area contributed by atoms with Crippen molar-refractivity contribution in [2.45, 2.75) is 39.3 Å². The number of nitrogens with zero attached hydrogens (tertiary/aromatic N) is 1. The number of nitrogens with one attached hydrogen (secondary N) is 1. The standard InChI is InChI=1S/C12H18N2/c1-10(12(2)5-6-12)14-9-11-3-7-13-8-4-11/h3-4,7-8,10,14H,5-6,9H2,1-2H3. The van der Waals surface area contributed by atoms with Crippen molar-refractivity contribution < 1.29 is 0 Å². The molecule has 1 saturated carbocycles. The van der Waals surface area contributed by atoms with Crippen LogP contribution in [0.2, 0.25) is 0 Å². The third kappa shape index (κ3) is 2.13. The zero-order valence-electron chi connectivity index (χ0n) is 8.96. The Balaban J connectivity index is 1.83. The maximum atomic E-state index is 4.01.